The Morgan fingerprint density at radius 1 is 1.15 bits per heavy atom. The second-order valence-electron chi connectivity index (χ2n) is 9.98. The zero-order valence-corrected chi connectivity index (χ0v) is 24.7. The van der Waals surface area contributed by atoms with E-state index in [1.54, 1.807) is 12.1 Å². The van der Waals surface area contributed by atoms with Gasteiger partial charge < -0.3 is 24.1 Å². The van der Waals surface area contributed by atoms with Crippen LogP contribution in [-0.2, 0) is 28.9 Å². The van der Waals surface area contributed by atoms with Gasteiger partial charge in [-0.05, 0) is 37.7 Å². The van der Waals surface area contributed by atoms with Crippen molar-refractivity contribution in [1.82, 2.24) is 14.9 Å². The summed E-state index contributed by atoms with van der Waals surface area (Å²) < 4.78 is 35.6. The van der Waals surface area contributed by atoms with Crippen LogP contribution in [0.1, 0.15) is 18.4 Å². The van der Waals surface area contributed by atoms with Crippen LogP contribution in [0.15, 0.2) is 46.4 Å². The number of sulfone groups is 1. The number of methoxy groups -OCH3 is 1. The van der Waals surface area contributed by atoms with Crippen LogP contribution in [0.3, 0.4) is 0 Å². The maximum Gasteiger partial charge on any atom is 0.280 e. The number of carbonyl (C=O) groups excluding carboxylic acids is 1. The molecule has 14 heteroatoms. The van der Waals surface area contributed by atoms with Crippen molar-refractivity contribution in [3.8, 4) is 0 Å². The van der Waals surface area contributed by atoms with E-state index in [1.165, 1.54) is 30.6 Å². The maximum atomic E-state index is 13.4. The molecule has 220 valence electrons. The second kappa shape index (κ2) is 13.2. The number of likely N-dealkylation sites (N-methyl/N-ethyl adjacent to an activating group) is 1. The minimum Gasteiger partial charge on any atom is -0.389 e. The highest BCUT2D eigenvalue weighted by molar-refractivity contribution is 7.91. The highest BCUT2D eigenvalue weighted by Gasteiger charge is 2.23. The monoisotopic (exact) mass is 602 g/mol. The van der Waals surface area contributed by atoms with Crippen molar-refractivity contribution in [1.29, 1.82) is 0 Å². The van der Waals surface area contributed by atoms with Gasteiger partial charge in [-0.2, -0.15) is 0 Å². The SMILES string of the molecule is COCCCS(=O)(=O)c1ccc(C(=NO[C@@H]2CCOC2)C(=O)Nc2nc3ccc(N4CCN(C)CC4)nc3s2)cc1. The minimum absolute atomic E-state index is 0.00516. The topological polar surface area (TPSA) is 136 Å². The number of amides is 1. The number of oxime groups is 1. The zero-order valence-electron chi connectivity index (χ0n) is 23.1. The van der Waals surface area contributed by atoms with Crippen LogP contribution in [-0.4, -0.2) is 107 Å². The van der Waals surface area contributed by atoms with Gasteiger partial charge in [0.15, 0.2) is 26.8 Å². The summed E-state index contributed by atoms with van der Waals surface area (Å²) in [7, 11) is 0.152. The molecule has 0 unspecified atom stereocenters. The molecule has 5 rings (SSSR count). The zero-order chi connectivity index (χ0) is 28.8. The lowest BCUT2D eigenvalue weighted by atomic mass is 10.1. The third-order valence-electron chi connectivity index (χ3n) is 6.93. The molecule has 1 amide bonds. The van der Waals surface area contributed by atoms with Gasteiger partial charge in [0.2, 0.25) is 0 Å². The van der Waals surface area contributed by atoms with Crippen molar-refractivity contribution in [3.63, 3.8) is 0 Å². The summed E-state index contributed by atoms with van der Waals surface area (Å²) in [6, 6.07) is 9.91. The number of hydrogen-bond donors (Lipinski definition) is 1. The summed E-state index contributed by atoms with van der Waals surface area (Å²) in [6.45, 7) is 5.05. The molecule has 1 N–H and O–H groups in total. The standard InChI is InChI=1S/C27H34N6O6S2/c1-32-11-13-33(14-12-32)23-9-8-22-26(29-23)40-27(28-22)30-25(34)24(31-39-20-10-16-38-18-20)19-4-6-21(7-5-19)41(35,36)17-3-15-37-2/h4-9,20H,3,10-18H2,1-2H3,(H,28,30,34)/t20-/m1/s1. The Labute approximate surface area is 243 Å². The smallest absolute Gasteiger partial charge is 0.280 e. The summed E-state index contributed by atoms with van der Waals surface area (Å²) in [5.74, 6) is 0.325. The van der Waals surface area contributed by atoms with Gasteiger partial charge in [0.05, 0.1) is 23.9 Å². The van der Waals surface area contributed by atoms with Crippen LogP contribution in [0.2, 0.25) is 0 Å². The van der Waals surface area contributed by atoms with E-state index >= 15 is 0 Å². The predicted molar refractivity (Wildman–Crippen MR) is 158 cm³/mol. The van der Waals surface area contributed by atoms with E-state index in [9.17, 15) is 13.2 Å². The Hall–Kier alpha value is -3.17. The molecule has 3 aromatic rings. The summed E-state index contributed by atoms with van der Waals surface area (Å²) in [5, 5.41) is 7.37. The molecule has 0 spiro atoms. The first-order valence-corrected chi connectivity index (χ1v) is 16.0. The predicted octanol–water partition coefficient (Wildman–Crippen LogP) is 2.40. The Bertz CT molecular complexity index is 1480. The molecule has 2 aromatic heterocycles. The molecule has 0 saturated carbocycles. The van der Waals surface area contributed by atoms with Crippen molar-refractivity contribution < 1.29 is 27.5 Å². The molecule has 2 fully saturated rings. The number of nitrogens with one attached hydrogen (secondary N) is 1. The van der Waals surface area contributed by atoms with E-state index in [0.29, 0.717) is 48.9 Å². The number of carbonyl (C=O) groups is 1. The number of pyridine rings is 1. The molecule has 0 bridgehead atoms. The summed E-state index contributed by atoms with van der Waals surface area (Å²) in [4.78, 5) is 33.8. The molecule has 1 atom stereocenters. The fourth-order valence-corrected chi connectivity index (χ4v) is 6.62. The van der Waals surface area contributed by atoms with Gasteiger partial charge in [-0.1, -0.05) is 28.6 Å². The number of thiazole rings is 1. The molecule has 41 heavy (non-hydrogen) atoms. The van der Waals surface area contributed by atoms with Crippen LogP contribution in [0.4, 0.5) is 10.9 Å². The van der Waals surface area contributed by atoms with Crippen molar-refractivity contribution in [3.05, 3.63) is 42.0 Å². The maximum absolute atomic E-state index is 13.4. The van der Waals surface area contributed by atoms with E-state index in [0.717, 1.165) is 36.8 Å². The second-order valence-corrected chi connectivity index (χ2v) is 13.1. The number of anilines is 2. The molecule has 12 nitrogen and oxygen atoms in total. The fraction of sp³-hybridized carbons (Fsp3) is 0.481. The van der Waals surface area contributed by atoms with Crippen LogP contribution in [0.5, 0.6) is 0 Å². The molecule has 0 aliphatic carbocycles. The quantitative estimate of drug-likeness (QED) is 0.198. The van der Waals surface area contributed by atoms with Gasteiger partial charge in [0.1, 0.15) is 16.2 Å². The Balaban J connectivity index is 1.34. The molecule has 0 radical (unpaired) electrons. The average Bonchev–Trinajstić information content (AvgIpc) is 3.63. The highest BCUT2D eigenvalue weighted by Crippen LogP contribution is 2.27. The van der Waals surface area contributed by atoms with Crippen molar-refractivity contribution >= 4 is 54.1 Å². The first-order valence-electron chi connectivity index (χ1n) is 13.5. The third-order valence-corrected chi connectivity index (χ3v) is 9.63. The largest absolute Gasteiger partial charge is 0.389 e. The van der Waals surface area contributed by atoms with Crippen molar-refractivity contribution in [2.75, 3.05) is 76.1 Å². The Morgan fingerprint density at radius 2 is 1.93 bits per heavy atom. The van der Waals surface area contributed by atoms with Crippen LogP contribution < -0.4 is 10.2 Å². The molecule has 4 heterocycles. The summed E-state index contributed by atoms with van der Waals surface area (Å²) in [5.41, 5.74) is 1.10. The van der Waals surface area contributed by atoms with Crippen molar-refractivity contribution in [2.45, 2.75) is 23.8 Å². The normalized spacial score (nSPS) is 18.6. The van der Waals surface area contributed by atoms with Crippen LogP contribution in [0, 0.1) is 0 Å². The van der Waals surface area contributed by atoms with Gasteiger partial charge in [0.25, 0.3) is 5.91 Å². The lowest BCUT2D eigenvalue weighted by Gasteiger charge is -2.33. The Morgan fingerprint density at radius 3 is 2.63 bits per heavy atom. The average molecular weight is 603 g/mol. The molecule has 2 saturated heterocycles. The number of hydrogen-bond acceptors (Lipinski definition) is 12. The van der Waals surface area contributed by atoms with E-state index in [-0.39, 0.29) is 22.5 Å². The first kappa shape index (κ1) is 29.3. The van der Waals surface area contributed by atoms with E-state index in [1.807, 2.05) is 12.1 Å². The number of aromatic nitrogens is 2. The third kappa shape index (κ3) is 7.38. The van der Waals surface area contributed by atoms with Gasteiger partial charge >= 0.3 is 0 Å². The minimum atomic E-state index is -3.49. The first-order chi connectivity index (χ1) is 19.8. The van der Waals surface area contributed by atoms with Gasteiger partial charge in [0, 0.05) is 51.9 Å². The van der Waals surface area contributed by atoms with Gasteiger partial charge in [-0.25, -0.2) is 18.4 Å². The molecule has 1 aromatic carbocycles. The van der Waals surface area contributed by atoms with Crippen LogP contribution >= 0.6 is 11.3 Å². The van der Waals surface area contributed by atoms with Crippen LogP contribution in [0.25, 0.3) is 10.3 Å². The lowest BCUT2D eigenvalue weighted by molar-refractivity contribution is -0.110. The molecule has 2 aliphatic rings. The number of benzene rings is 1. The summed E-state index contributed by atoms with van der Waals surface area (Å²) >= 11 is 1.28. The number of piperazine rings is 1. The van der Waals surface area contributed by atoms with Gasteiger partial charge in [-0.3, -0.25) is 10.1 Å². The number of fused-ring (bicyclic) bond motifs is 1. The van der Waals surface area contributed by atoms with Crippen molar-refractivity contribution in [2.24, 2.45) is 5.16 Å². The number of rotatable bonds is 11. The molecular weight excluding hydrogens is 568 g/mol. The molecular formula is C27H34N6O6S2. The van der Waals surface area contributed by atoms with E-state index < -0.39 is 15.7 Å². The number of ether oxygens (including phenoxy) is 2. The number of nitrogens with zero attached hydrogens (tertiary/aromatic N) is 5. The molecule has 2 aliphatic heterocycles. The Kier molecular flexibility index (Phi) is 9.45. The van der Waals surface area contributed by atoms with Gasteiger partial charge in [-0.15, -0.1) is 0 Å². The van der Waals surface area contributed by atoms with E-state index in [2.05, 4.69) is 32.3 Å². The van der Waals surface area contributed by atoms with E-state index in [4.69, 9.17) is 19.3 Å². The fourth-order valence-electron chi connectivity index (χ4n) is 4.51. The summed E-state index contributed by atoms with van der Waals surface area (Å²) in [6.07, 6.45) is 0.787. The highest BCUT2D eigenvalue weighted by atomic mass is 32.2. The lowest BCUT2D eigenvalue weighted by Crippen LogP contribution is -2.44.